The molecule has 0 radical (unpaired) electrons. The van der Waals surface area contributed by atoms with Crippen LogP contribution < -0.4 is 4.74 Å². The summed E-state index contributed by atoms with van der Waals surface area (Å²) in [6, 6.07) is 4.32. The fraction of sp³-hybridized carbons (Fsp3) is 0.421. The van der Waals surface area contributed by atoms with Crippen LogP contribution in [0.3, 0.4) is 0 Å². The average Bonchev–Trinajstić information content (AvgIpc) is 3.10. The van der Waals surface area contributed by atoms with Crippen LogP contribution in [0.25, 0.3) is 0 Å². The molecule has 0 spiro atoms. The van der Waals surface area contributed by atoms with Gasteiger partial charge in [0.15, 0.2) is 0 Å². The Balaban J connectivity index is 1.49. The Hall–Kier alpha value is -2.72. The topological polar surface area (TPSA) is 84.8 Å². The minimum Gasteiger partial charge on any atom is -0.489 e. The molecule has 0 bridgehead atoms. The molecular weight excluding hydrogens is 391 g/mol. The van der Waals surface area contributed by atoms with Crippen molar-refractivity contribution in [3.63, 3.8) is 0 Å². The van der Waals surface area contributed by atoms with Crippen molar-refractivity contribution in [2.24, 2.45) is 0 Å². The van der Waals surface area contributed by atoms with Gasteiger partial charge in [-0.3, -0.25) is 4.90 Å². The lowest BCUT2D eigenvalue weighted by Crippen LogP contribution is -2.35. The van der Waals surface area contributed by atoms with E-state index in [9.17, 15) is 23.1 Å². The number of benzene rings is 1. The van der Waals surface area contributed by atoms with Gasteiger partial charge in [0.25, 0.3) is 0 Å². The second-order valence-corrected chi connectivity index (χ2v) is 6.59. The van der Waals surface area contributed by atoms with Gasteiger partial charge >= 0.3 is 12.1 Å². The van der Waals surface area contributed by atoms with Gasteiger partial charge in [-0.1, -0.05) is 0 Å². The Morgan fingerprint density at radius 1 is 1.21 bits per heavy atom. The average molecular weight is 411 g/mol. The lowest BCUT2D eigenvalue weighted by atomic mass is 10.2. The maximum absolute atomic E-state index is 12.6. The van der Waals surface area contributed by atoms with Crippen molar-refractivity contribution in [2.45, 2.75) is 24.7 Å². The molecule has 1 aromatic carbocycles. The monoisotopic (exact) mass is 411 g/mol. The lowest BCUT2D eigenvalue weighted by molar-refractivity contribution is -0.137. The minimum atomic E-state index is -4.39. The Bertz CT molecular complexity index is 803. The largest absolute Gasteiger partial charge is 0.489 e. The summed E-state index contributed by atoms with van der Waals surface area (Å²) in [6.45, 7) is 0.848. The van der Waals surface area contributed by atoms with E-state index in [2.05, 4.69) is 9.97 Å². The summed E-state index contributed by atoms with van der Waals surface area (Å²) in [5.41, 5.74) is -0.493. The summed E-state index contributed by atoms with van der Waals surface area (Å²) in [6.07, 6.45) is -0.150. The minimum absolute atomic E-state index is 0.104. The van der Waals surface area contributed by atoms with E-state index in [1.807, 2.05) is 4.90 Å². The van der Waals surface area contributed by atoms with Gasteiger partial charge in [-0.2, -0.15) is 13.2 Å². The first-order valence-electron chi connectivity index (χ1n) is 8.98. The number of hydrogen-bond acceptors (Lipinski definition) is 7. The highest BCUT2D eigenvalue weighted by Gasteiger charge is 2.33. The second-order valence-electron chi connectivity index (χ2n) is 6.59. The number of alkyl halides is 3. The second kappa shape index (κ2) is 9.19. The Labute approximate surface area is 165 Å². The van der Waals surface area contributed by atoms with Crippen LogP contribution in [0.15, 0.2) is 43.0 Å². The zero-order chi connectivity index (χ0) is 20.9. The number of hydrogen-bond donors (Lipinski definition) is 1. The molecular formula is C19H20F3N3O4. The van der Waals surface area contributed by atoms with Gasteiger partial charge in [0.1, 0.15) is 24.8 Å². The van der Waals surface area contributed by atoms with Gasteiger partial charge in [0.2, 0.25) is 0 Å². The zero-order valence-electron chi connectivity index (χ0n) is 15.4. The van der Waals surface area contributed by atoms with E-state index < -0.39 is 17.7 Å². The number of carbonyl (C=O) groups excluding carboxylic acids is 1. The third-order valence-corrected chi connectivity index (χ3v) is 4.59. The molecule has 0 amide bonds. The van der Waals surface area contributed by atoms with E-state index in [4.69, 9.17) is 9.47 Å². The van der Waals surface area contributed by atoms with E-state index in [1.54, 1.807) is 0 Å². The van der Waals surface area contributed by atoms with Crippen LogP contribution in [0.4, 0.5) is 13.2 Å². The third kappa shape index (κ3) is 5.64. The molecule has 1 fully saturated rings. The van der Waals surface area contributed by atoms with Crippen molar-refractivity contribution in [1.29, 1.82) is 0 Å². The van der Waals surface area contributed by atoms with E-state index in [0.29, 0.717) is 25.3 Å². The van der Waals surface area contributed by atoms with Gasteiger partial charge in [0.05, 0.1) is 17.7 Å². The number of ether oxygens (including phenoxy) is 2. The lowest BCUT2D eigenvalue weighted by Gasteiger charge is -2.21. The Kier molecular flexibility index (Phi) is 6.65. The molecule has 2 heterocycles. The highest BCUT2D eigenvalue weighted by Crippen LogP contribution is 2.31. The first-order chi connectivity index (χ1) is 13.9. The van der Waals surface area contributed by atoms with Crippen molar-refractivity contribution in [3.8, 4) is 5.75 Å². The molecule has 3 rings (SSSR count). The number of esters is 1. The number of aliphatic hydroxyl groups is 1. The first-order valence-corrected chi connectivity index (χ1v) is 8.98. The fourth-order valence-electron chi connectivity index (χ4n) is 3.15. The molecule has 1 aliphatic heterocycles. The zero-order valence-corrected chi connectivity index (χ0v) is 15.4. The highest BCUT2D eigenvalue weighted by atomic mass is 19.4. The quantitative estimate of drug-likeness (QED) is 0.699. The normalized spacial score (nSPS) is 19.9. The fourth-order valence-corrected chi connectivity index (χ4v) is 3.15. The van der Waals surface area contributed by atoms with Gasteiger partial charge in [-0.15, -0.1) is 0 Å². The van der Waals surface area contributed by atoms with E-state index >= 15 is 0 Å². The van der Waals surface area contributed by atoms with Crippen LogP contribution in [0.1, 0.15) is 22.3 Å². The summed E-state index contributed by atoms with van der Waals surface area (Å²) in [5.74, 6) is -0.208. The van der Waals surface area contributed by atoms with Crippen LogP contribution >= 0.6 is 0 Å². The molecule has 29 heavy (non-hydrogen) atoms. The van der Waals surface area contributed by atoms with E-state index in [-0.39, 0.29) is 30.9 Å². The molecule has 10 heteroatoms. The molecule has 1 N–H and O–H groups in total. The Morgan fingerprint density at radius 2 is 1.90 bits per heavy atom. The highest BCUT2D eigenvalue weighted by molar-refractivity contribution is 5.88. The van der Waals surface area contributed by atoms with Crippen molar-refractivity contribution < 1.29 is 32.5 Å². The number of rotatable bonds is 7. The van der Waals surface area contributed by atoms with Crippen molar-refractivity contribution in [3.05, 3.63) is 54.1 Å². The van der Waals surface area contributed by atoms with Crippen LogP contribution in [0.5, 0.6) is 5.75 Å². The SMILES string of the molecule is O=C(OCCN1C[C@@H](Oc2ccc(C(F)(F)F)cc2)C[C@H]1CO)c1cncnc1. The molecule has 1 aromatic heterocycles. The van der Waals surface area contributed by atoms with Gasteiger partial charge in [-0.05, 0) is 24.3 Å². The summed E-state index contributed by atoms with van der Waals surface area (Å²) < 4.78 is 48.9. The van der Waals surface area contributed by atoms with Crippen LogP contribution in [0, 0.1) is 0 Å². The number of carbonyl (C=O) groups is 1. The third-order valence-electron chi connectivity index (χ3n) is 4.59. The van der Waals surface area contributed by atoms with E-state index in [1.165, 1.54) is 30.9 Å². The standard InChI is InChI=1S/C19H20F3N3O4/c20-19(21,22)14-1-3-16(4-2-14)29-17-7-15(11-26)25(10-17)5-6-28-18(27)13-8-23-12-24-9-13/h1-4,8-9,12,15,17,26H,5-7,10-11H2/t15-,17-/m0/s1. The molecule has 156 valence electrons. The summed E-state index contributed by atoms with van der Waals surface area (Å²) in [7, 11) is 0. The molecule has 2 atom stereocenters. The number of aromatic nitrogens is 2. The molecule has 7 nitrogen and oxygen atoms in total. The van der Waals surface area contributed by atoms with E-state index in [0.717, 1.165) is 12.1 Å². The maximum Gasteiger partial charge on any atom is 0.416 e. The maximum atomic E-state index is 12.6. The van der Waals surface area contributed by atoms with Crippen molar-refractivity contribution >= 4 is 5.97 Å². The van der Waals surface area contributed by atoms with Gasteiger partial charge in [0, 0.05) is 37.9 Å². The Morgan fingerprint density at radius 3 is 2.52 bits per heavy atom. The predicted octanol–water partition coefficient (Wildman–Crippen LogP) is 2.17. The summed E-state index contributed by atoms with van der Waals surface area (Å²) >= 11 is 0. The first kappa shape index (κ1) is 21.0. The number of aliphatic hydroxyl groups excluding tert-OH is 1. The van der Waals surface area contributed by atoms with Crippen LogP contribution in [-0.4, -0.2) is 64.4 Å². The molecule has 2 aromatic rings. The molecule has 0 aliphatic carbocycles. The smallest absolute Gasteiger partial charge is 0.416 e. The summed E-state index contributed by atoms with van der Waals surface area (Å²) in [4.78, 5) is 21.3. The molecule has 1 aliphatic rings. The van der Waals surface area contributed by atoms with Gasteiger partial charge in [-0.25, -0.2) is 14.8 Å². The summed E-state index contributed by atoms with van der Waals surface area (Å²) in [5, 5.41) is 9.59. The molecule has 0 saturated carbocycles. The number of halogens is 3. The van der Waals surface area contributed by atoms with Crippen LogP contribution in [0.2, 0.25) is 0 Å². The van der Waals surface area contributed by atoms with Crippen LogP contribution in [-0.2, 0) is 10.9 Å². The molecule has 0 unspecified atom stereocenters. The molecule has 1 saturated heterocycles. The number of likely N-dealkylation sites (tertiary alicyclic amines) is 1. The predicted molar refractivity (Wildman–Crippen MR) is 95.2 cm³/mol. The van der Waals surface area contributed by atoms with Crippen molar-refractivity contribution in [2.75, 3.05) is 26.3 Å². The van der Waals surface area contributed by atoms with Crippen molar-refractivity contribution in [1.82, 2.24) is 14.9 Å². The van der Waals surface area contributed by atoms with Gasteiger partial charge < -0.3 is 14.6 Å². The number of nitrogens with zero attached hydrogens (tertiary/aromatic N) is 3.